The first-order valence-corrected chi connectivity index (χ1v) is 11.9. The number of hydrogen-bond acceptors (Lipinski definition) is 4. The first-order chi connectivity index (χ1) is 15.1. The molecule has 0 bridgehead atoms. The molecule has 0 unspecified atom stereocenters. The third-order valence-corrected chi connectivity index (χ3v) is 4.48. The van der Waals surface area contributed by atoms with E-state index in [1.807, 2.05) is 83.1 Å². The Hall–Kier alpha value is -1.84. The van der Waals surface area contributed by atoms with E-state index < -0.39 is 21.7 Å². The van der Waals surface area contributed by atoms with Crippen LogP contribution in [0.2, 0.25) is 0 Å². The molecule has 0 amide bonds. The molecule has 0 heterocycles. The van der Waals surface area contributed by atoms with E-state index in [1.165, 1.54) is 12.2 Å². The van der Waals surface area contributed by atoms with E-state index in [-0.39, 0.29) is 42.6 Å². The zero-order chi connectivity index (χ0) is 27.4. The van der Waals surface area contributed by atoms with E-state index in [4.69, 9.17) is 0 Å². The monoisotopic (exact) mass is 572 g/mol. The summed E-state index contributed by atoms with van der Waals surface area (Å²) in [5.41, 5.74) is -1.83. The third-order valence-electron chi connectivity index (χ3n) is 4.48. The maximum absolute atomic E-state index is 11.4. The van der Waals surface area contributed by atoms with Crippen molar-refractivity contribution in [3.8, 4) is 23.7 Å². The van der Waals surface area contributed by atoms with Crippen molar-refractivity contribution in [3.63, 3.8) is 0 Å². The molecule has 0 radical (unpaired) electrons. The number of rotatable bonds is 2. The molecule has 1 aliphatic carbocycles. The van der Waals surface area contributed by atoms with E-state index in [0.717, 1.165) is 25.7 Å². The predicted molar refractivity (Wildman–Crippen MR) is 138 cm³/mol. The molecule has 0 spiro atoms. The van der Waals surface area contributed by atoms with Crippen molar-refractivity contribution in [1.82, 2.24) is 0 Å². The molecule has 0 saturated heterocycles. The van der Waals surface area contributed by atoms with Crippen molar-refractivity contribution < 1.29 is 39.3 Å². The number of ketones is 2. The molecular formula is C30H46O4Ru. The molecule has 5 heteroatoms. The molecule has 0 atom stereocenters. The van der Waals surface area contributed by atoms with Crippen LogP contribution in [0.5, 0.6) is 0 Å². The Morgan fingerprint density at radius 2 is 0.714 bits per heavy atom. The van der Waals surface area contributed by atoms with Gasteiger partial charge in [-0.3, -0.25) is 9.59 Å². The Morgan fingerprint density at radius 1 is 0.514 bits per heavy atom. The van der Waals surface area contributed by atoms with Gasteiger partial charge in [-0.1, -0.05) is 83.1 Å². The minimum atomic E-state index is -0.457. The molecule has 4 nitrogen and oxygen atoms in total. The van der Waals surface area contributed by atoms with Gasteiger partial charge in [0.25, 0.3) is 0 Å². The molecule has 1 rings (SSSR count). The minimum absolute atomic E-state index is 0. The second kappa shape index (κ2) is 16.0. The fraction of sp³-hybridized carbons (Fsp3) is 0.667. The van der Waals surface area contributed by atoms with Gasteiger partial charge in [-0.25, -0.2) is 0 Å². The fourth-order valence-corrected chi connectivity index (χ4v) is 1.71. The summed E-state index contributed by atoms with van der Waals surface area (Å²) < 4.78 is 0. The third kappa shape index (κ3) is 20.1. The molecule has 0 fully saturated rings. The summed E-state index contributed by atoms with van der Waals surface area (Å²) in [7, 11) is 0. The van der Waals surface area contributed by atoms with Gasteiger partial charge >= 0.3 is 19.5 Å². The van der Waals surface area contributed by atoms with Crippen LogP contribution in [0.3, 0.4) is 0 Å². The minimum Gasteiger partial charge on any atom is -0.875 e. The van der Waals surface area contributed by atoms with Crippen LogP contribution >= 0.6 is 0 Å². The first-order valence-electron chi connectivity index (χ1n) is 11.9. The second-order valence-corrected chi connectivity index (χ2v) is 12.5. The van der Waals surface area contributed by atoms with Crippen LogP contribution in [0.4, 0.5) is 0 Å². The topological polar surface area (TPSA) is 80.3 Å². The van der Waals surface area contributed by atoms with Gasteiger partial charge in [0.05, 0.1) is 0 Å². The summed E-state index contributed by atoms with van der Waals surface area (Å²) in [4.78, 5) is 22.9. The molecule has 1 aliphatic rings. The molecule has 0 aliphatic heterocycles. The molecule has 0 aromatic rings. The molecule has 198 valence electrons. The van der Waals surface area contributed by atoms with Crippen molar-refractivity contribution >= 4 is 11.6 Å². The summed E-state index contributed by atoms with van der Waals surface area (Å²) >= 11 is 0. The van der Waals surface area contributed by atoms with E-state index in [9.17, 15) is 19.8 Å². The SMILES string of the molecule is C1#CCCC#CCC1.CC(C)(C)C(=O)C=C([O-])C(C)(C)C.CC(C)(C)C(=O)C=C([O-])C(C)(C)C.[Ru+2]. The fourth-order valence-electron chi connectivity index (χ4n) is 1.71. The first kappa shape index (κ1) is 37.7. The standard InChI is InChI=1S/2C11H20O2.C8H8.Ru/c2*1-10(2,3)8(12)7-9(13)11(4,5)6;1-2-4-6-8-7-5-3-1;/h2*7,12H,1-6H3;1-2,7-8H2;/q;;;+2/p-2. The van der Waals surface area contributed by atoms with E-state index in [2.05, 4.69) is 23.7 Å². The summed E-state index contributed by atoms with van der Waals surface area (Å²) in [6.45, 7) is 21.7. The normalized spacial score (nSPS) is 14.4. The Balaban J connectivity index is -0.000000444. The average molecular weight is 572 g/mol. The Kier molecular flexibility index (Phi) is 17.3. The van der Waals surface area contributed by atoms with Gasteiger partial charge in [-0.05, 0) is 23.0 Å². The molecule has 0 saturated carbocycles. The van der Waals surface area contributed by atoms with Gasteiger partial charge in [-0.2, -0.15) is 0 Å². The number of carbonyl (C=O) groups excluding carboxylic acids is 2. The summed E-state index contributed by atoms with van der Waals surface area (Å²) in [5.74, 6) is 11.7. The molecule has 0 aromatic carbocycles. The van der Waals surface area contributed by atoms with Crippen molar-refractivity contribution in [3.05, 3.63) is 23.7 Å². The Bertz CT molecular complexity index is 767. The van der Waals surface area contributed by atoms with E-state index in [0.29, 0.717) is 0 Å². The van der Waals surface area contributed by atoms with E-state index >= 15 is 0 Å². The molecule has 0 N–H and O–H groups in total. The number of carbonyl (C=O) groups is 2. The zero-order valence-electron chi connectivity index (χ0n) is 24.0. The summed E-state index contributed by atoms with van der Waals surface area (Å²) in [6.07, 6.45) is 6.31. The average Bonchev–Trinajstić information content (AvgIpc) is 2.58. The maximum atomic E-state index is 11.4. The van der Waals surface area contributed by atoms with E-state index in [1.54, 1.807) is 0 Å². The summed E-state index contributed by atoms with van der Waals surface area (Å²) in [6, 6.07) is 0. The Morgan fingerprint density at radius 3 is 0.857 bits per heavy atom. The second-order valence-electron chi connectivity index (χ2n) is 12.5. The van der Waals surface area contributed by atoms with Crippen LogP contribution in [0, 0.1) is 45.3 Å². The smallest absolute Gasteiger partial charge is 0.875 e. The van der Waals surface area contributed by atoms with Crippen LogP contribution in [0.25, 0.3) is 0 Å². The van der Waals surface area contributed by atoms with Crippen LogP contribution < -0.4 is 10.2 Å². The number of hydrogen-bond donors (Lipinski definition) is 0. The maximum Gasteiger partial charge on any atom is 2.00 e. The van der Waals surface area contributed by atoms with Crippen LogP contribution in [0.1, 0.15) is 109 Å². The van der Waals surface area contributed by atoms with Gasteiger partial charge in [0.1, 0.15) is 0 Å². The van der Waals surface area contributed by atoms with Crippen molar-refractivity contribution in [2.75, 3.05) is 0 Å². The van der Waals surface area contributed by atoms with Gasteiger partial charge in [0, 0.05) is 36.5 Å². The zero-order valence-corrected chi connectivity index (χ0v) is 25.7. The van der Waals surface area contributed by atoms with Crippen LogP contribution in [-0.2, 0) is 29.1 Å². The summed E-state index contributed by atoms with van der Waals surface area (Å²) in [5, 5.41) is 22.9. The van der Waals surface area contributed by atoms with Crippen LogP contribution in [0.15, 0.2) is 23.7 Å². The van der Waals surface area contributed by atoms with Gasteiger partial charge in [0.15, 0.2) is 11.6 Å². The quantitative estimate of drug-likeness (QED) is 0.194. The van der Waals surface area contributed by atoms with Crippen molar-refractivity contribution in [2.24, 2.45) is 21.7 Å². The predicted octanol–water partition coefficient (Wildman–Crippen LogP) is 5.35. The van der Waals surface area contributed by atoms with Gasteiger partial charge < -0.3 is 10.2 Å². The van der Waals surface area contributed by atoms with Crippen molar-refractivity contribution in [2.45, 2.75) is 109 Å². The molecular weight excluding hydrogens is 525 g/mol. The Labute approximate surface area is 228 Å². The molecule has 35 heavy (non-hydrogen) atoms. The van der Waals surface area contributed by atoms with Crippen molar-refractivity contribution in [1.29, 1.82) is 0 Å². The molecule has 0 aromatic heterocycles. The number of allylic oxidation sites excluding steroid dienone is 4. The van der Waals surface area contributed by atoms with Gasteiger partial charge in [0.2, 0.25) is 0 Å². The van der Waals surface area contributed by atoms with Gasteiger partial charge in [-0.15, -0.1) is 35.2 Å². The largest absolute Gasteiger partial charge is 2.00 e. The van der Waals surface area contributed by atoms with Crippen LogP contribution in [-0.4, -0.2) is 11.6 Å².